The van der Waals surface area contributed by atoms with E-state index in [2.05, 4.69) is 15.5 Å². The minimum atomic E-state index is -1.41. The molecule has 0 aliphatic carbocycles. The molecule has 2 fully saturated rings. The summed E-state index contributed by atoms with van der Waals surface area (Å²) >= 11 is 0. The van der Waals surface area contributed by atoms with Gasteiger partial charge in [0, 0.05) is 18.0 Å². The lowest BCUT2D eigenvalue weighted by atomic mass is 10.1. The summed E-state index contributed by atoms with van der Waals surface area (Å²) in [4.78, 5) is 15.6. The number of hydrogen-bond donors (Lipinski definition) is 4. The van der Waals surface area contributed by atoms with Crippen LogP contribution in [0.5, 0.6) is 0 Å². The molecule has 2 aliphatic rings. The number of pyridine rings is 1. The number of amides is 1. The van der Waals surface area contributed by atoms with Gasteiger partial charge < -0.3 is 24.8 Å². The monoisotopic (exact) mass is 295 g/mol. The second kappa shape index (κ2) is 5.37. The van der Waals surface area contributed by atoms with Gasteiger partial charge in [-0.3, -0.25) is 9.78 Å². The fourth-order valence-corrected chi connectivity index (χ4v) is 2.18. The third kappa shape index (κ3) is 2.47. The fourth-order valence-electron chi connectivity index (χ4n) is 2.18. The molecule has 3 rings (SSSR count). The molecule has 5 unspecified atom stereocenters. The van der Waals surface area contributed by atoms with Crippen molar-refractivity contribution in [1.82, 2.24) is 10.4 Å². The van der Waals surface area contributed by atoms with Crippen molar-refractivity contribution in [3.05, 3.63) is 30.1 Å². The summed E-state index contributed by atoms with van der Waals surface area (Å²) in [5.74, 6) is -0.683. The maximum atomic E-state index is 11.8. The molecule has 112 valence electrons. The lowest BCUT2D eigenvalue weighted by Gasteiger charge is -2.12. The highest BCUT2D eigenvalue weighted by molar-refractivity contribution is 5.95. The van der Waals surface area contributed by atoms with Crippen LogP contribution < -0.4 is 5.43 Å². The zero-order valence-corrected chi connectivity index (χ0v) is 10.7. The summed E-state index contributed by atoms with van der Waals surface area (Å²) in [5.41, 5.74) is 2.56. The first-order valence-electron chi connectivity index (χ1n) is 6.22. The fraction of sp³-hybridized carbons (Fsp3) is 0.417. The molecule has 1 aromatic rings. The summed E-state index contributed by atoms with van der Waals surface area (Å²) < 4.78 is 10.2. The number of ether oxygens (including phenoxy) is 2. The van der Waals surface area contributed by atoms with Crippen LogP contribution in [0.3, 0.4) is 0 Å². The molecule has 0 saturated carbocycles. The van der Waals surface area contributed by atoms with Gasteiger partial charge in [0.05, 0.1) is 0 Å². The molecule has 9 heteroatoms. The maximum Gasteiger partial charge on any atom is 0.271 e. The van der Waals surface area contributed by atoms with Crippen LogP contribution in [0.15, 0.2) is 29.6 Å². The average Bonchev–Trinajstić information content (AvgIpc) is 2.96. The first-order valence-corrected chi connectivity index (χ1v) is 6.22. The number of carbonyl (C=O) groups excluding carboxylic acids is 1. The van der Waals surface area contributed by atoms with Crippen LogP contribution in [-0.2, 0) is 9.47 Å². The number of nitrogens with zero attached hydrogens (tertiary/aromatic N) is 2. The summed E-state index contributed by atoms with van der Waals surface area (Å²) in [5, 5.41) is 32.5. The molecular weight excluding hydrogens is 282 g/mol. The molecule has 0 bridgehead atoms. The van der Waals surface area contributed by atoms with Gasteiger partial charge in [-0.1, -0.05) is 0 Å². The molecule has 3 heterocycles. The molecule has 1 aromatic heterocycles. The van der Waals surface area contributed by atoms with Crippen LogP contribution in [0.4, 0.5) is 0 Å². The minimum absolute atomic E-state index is 0.182. The third-order valence-corrected chi connectivity index (χ3v) is 3.28. The Kier molecular flexibility index (Phi) is 3.55. The van der Waals surface area contributed by atoms with Gasteiger partial charge in [0.1, 0.15) is 12.2 Å². The first-order chi connectivity index (χ1) is 10.1. The van der Waals surface area contributed by atoms with Gasteiger partial charge in [0.2, 0.25) is 5.90 Å². The van der Waals surface area contributed by atoms with Crippen LogP contribution in [-0.4, -0.2) is 62.8 Å². The van der Waals surface area contributed by atoms with Gasteiger partial charge in [-0.2, -0.15) is 0 Å². The number of carbonyl (C=O) groups is 1. The number of fused-ring (bicyclic) bond motifs is 1. The Balaban J connectivity index is 1.67. The molecule has 5 atom stereocenters. The predicted molar refractivity (Wildman–Crippen MR) is 66.9 cm³/mol. The maximum absolute atomic E-state index is 11.8. The Morgan fingerprint density at radius 3 is 2.62 bits per heavy atom. The molecule has 0 spiro atoms. The van der Waals surface area contributed by atoms with E-state index in [-0.39, 0.29) is 5.90 Å². The van der Waals surface area contributed by atoms with Crippen LogP contribution in [0.1, 0.15) is 10.4 Å². The van der Waals surface area contributed by atoms with Crippen molar-refractivity contribution in [2.45, 2.75) is 30.7 Å². The van der Waals surface area contributed by atoms with Crippen LogP contribution in [0, 0.1) is 0 Å². The molecule has 1 amide bonds. The Hall–Kier alpha value is -2.07. The van der Waals surface area contributed by atoms with E-state index >= 15 is 0 Å². The molecule has 0 aromatic carbocycles. The Labute approximate surface area is 118 Å². The molecule has 0 radical (unpaired) electrons. The SMILES string of the molecule is O=C(NN=C1OC2C(O)C(O)OC2C1O)c1ccncc1. The van der Waals surface area contributed by atoms with Crippen molar-refractivity contribution in [3.8, 4) is 0 Å². The van der Waals surface area contributed by atoms with E-state index in [4.69, 9.17) is 9.47 Å². The van der Waals surface area contributed by atoms with E-state index in [1.54, 1.807) is 0 Å². The molecule has 9 nitrogen and oxygen atoms in total. The number of nitrogens with one attached hydrogen (secondary N) is 1. The van der Waals surface area contributed by atoms with Crippen molar-refractivity contribution in [2.75, 3.05) is 0 Å². The van der Waals surface area contributed by atoms with E-state index in [9.17, 15) is 20.1 Å². The number of hydrazone groups is 1. The van der Waals surface area contributed by atoms with Crippen molar-refractivity contribution in [1.29, 1.82) is 0 Å². The van der Waals surface area contributed by atoms with E-state index < -0.39 is 36.6 Å². The highest BCUT2D eigenvalue weighted by Gasteiger charge is 2.55. The van der Waals surface area contributed by atoms with Gasteiger partial charge in [-0.05, 0) is 12.1 Å². The van der Waals surface area contributed by atoms with E-state index in [0.29, 0.717) is 5.56 Å². The van der Waals surface area contributed by atoms with Gasteiger partial charge in [-0.15, -0.1) is 5.10 Å². The van der Waals surface area contributed by atoms with Gasteiger partial charge in [0.25, 0.3) is 5.91 Å². The summed E-state index contributed by atoms with van der Waals surface area (Å²) in [7, 11) is 0. The van der Waals surface area contributed by atoms with Gasteiger partial charge >= 0.3 is 0 Å². The Bertz CT molecular complexity index is 565. The zero-order valence-electron chi connectivity index (χ0n) is 10.7. The predicted octanol–water partition coefficient (Wildman–Crippen LogP) is -2.04. The van der Waals surface area contributed by atoms with E-state index in [1.165, 1.54) is 24.5 Å². The Morgan fingerprint density at radius 1 is 1.24 bits per heavy atom. The second-order valence-corrected chi connectivity index (χ2v) is 4.64. The average molecular weight is 295 g/mol. The molecule has 2 saturated heterocycles. The van der Waals surface area contributed by atoms with Crippen molar-refractivity contribution < 1.29 is 29.6 Å². The quantitative estimate of drug-likeness (QED) is 0.462. The lowest BCUT2D eigenvalue weighted by molar-refractivity contribution is -0.139. The zero-order chi connectivity index (χ0) is 15.0. The molecule has 21 heavy (non-hydrogen) atoms. The Morgan fingerprint density at radius 2 is 1.95 bits per heavy atom. The summed E-state index contributed by atoms with van der Waals surface area (Å²) in [6.07, 6.45) is -2.91. The summed E-state index contributed by atoms with van der Waals surface area (Å²) in [6.45, 7) is 0. The van der Waals surface area contributed by atoms with Crippen molar-refractivity contribution in [2.24, 2.45) is 5.10 Å². The lowest BCUT2D eigenvalue weighted by Crippen LogP contribution is -2.32. The van der Waals surface area contributed by atoms with Crippen LogP contribution in [0.25, 0.3) is 0 Å². The van der Waals surface area contributed by atoms with Crippen molar-refractivity contribution in [3.63, 3.8) is 0 Å². The number of rotatable bonds is 2. The number of aromatic nitrogens is 1. The van der Waals surface area contributed by atoms with Gasteiger partial charge in [-0.25, -0.2) is 5.43 Å². The highest BCUT2D eigenvalue weighted by Crippen LogP contribution is 2.31. The molecule has 2 aliphatic heterocycles. The van der Waals surface area contributed by atoms with Crippen molar-refractivity contribution >= 4 is 11.8 Å². The topological polar surface area (TPSA) is 134 Å². The highest BCUT2D eigenvalue weighted by atomic mass is 16.7. The number of aliphatic hydroxyl groups is 3. The third-order valence-electron chi connectivity index (χ3n) is 3.28. The van der Waals surface area contributed by atoms with Crippen LogP contribution in [0.2, 0.25) is 0 Å². The number of aliphatic hydroxyl groups excluding tert-OH is 3. The molecular formula is C12H13N3O6. The minimum Gasteiger partial charge on any atom is -0.469 e. The normalized spacial score (nSPS) is 36.3. The standard InChI is InChI=1S/C12H13N3O6/c16-6-8-9(7(17)12(19)21-8)20-11(6)15-14-10(18)5-1-3-13-4-2-5/h1-4,6-9,12,16-17,19H,(H,14,18). The smallest absolute Gasteiger partial charge is 0.271 e. The van der Waals surface area contributed by atoms with E-state index in [0.717, 1.165) is 0 Å². The van der Waals surface area contributed by atoms with E-state index in [1.807, 2.05) is 0 Å². The molecule has 4 N–H and O–H groups in total. The van der Waals surface area contributed by atoms with Crippen LogP contribution >= 0.6 is 0 Å². The number of hydrogen-bond acceptors (Lipinski definition) is 8. The summed E-state index contributed by atoms with van der Waals surface area (Å²) in [6, 6.07) is 3.00. The first kappa shape index (κ1) is 13.9. The second-order valence-electron chi connectivity index (χ2n) is 4.64. The van der Waals surface area contributed by atoms with Gasteiger partial charge in [0.15, 0.2) is 18.5 Å². The largest absolute Gasteiger partial charge is 0.469 e.